The molecule has 42 heavy (non-hydrogen) atoms. The molecule has 3 aliphatic rings. The summed E-state index contributed by atoms with van der Waals surface area (Å²) in [6.45, 7) is 11.2. The van der Waals surface area contributed by atoms with Crippen LogP contribution in [0.2, 0.25) is 0 Å². The summed E-state index contributed by atoms with van der Waals surface area (Å²) in [6, 6.07) is 23.2. The van der Waals surface area contributed by atoms with Gasteiger partial charge in [0.25, 0.3) is 0 Å². The van der Waals surface area contributed by atoms with Crippen molar-refractivity contribution in [3.8, 4) is 16.2 Å². The molecule has 4 aromatic rings. The molecule has 1 saturated carbocycles. The highest BCUT2D eigenvalue weighted by Gasteiger charge is 2.49. The third-order valence-electron chi connectivity index (χ3n) is 9.51. The number of para-hydroxylation sites is 2. The molecule has 0 bridgehead atoms. The second-order valence-electron chi connectivity index (χ2n) is 13.8. The number of aromatic nitrogens is 1. The van der Waals surface area contributed by atoms with Gasteiger partial charge in [0.1, 0.15) is 5.75 Å². The first-order valence-electron chi connectivity index (χ1n) is 15.5. The zero-order valence-corrected chi connectivity index (χ0v) is 25.9. The maximum absolute atomic E-state index is 11.5. The van der Waals surface area contributed by atoms with Crippen LogP contribution in [-0.2, 0) is 5.41 Å². The Morgan fingerprint density at radius 3 is 2.43 bits per heavy atom. The lowest BCUT2D eigenvalue weighted by atomic mass is 9.68. The van der Waals surface area contributed by atoms with Gasteiger partial charge in [-0.2, -0.15) is 0 Å². The predicted molar refractivity (Wildman–Crippen MR) is 176 cm³/mol. The van der Waals surface area contributed by atoms with E-state index in [2.05, 4.69) is 90.5 Å². The average molecular weight is 579 g/mol. The number of thiazole rings is 1. The van der Waals surface area contributed by atoms with Crippen molar-refractivity contribution < 1.29 is 5.11 Å². The molecule has 3 aromatic carbocycles. The fourth-order valence-corrected chi connectivity index (χ4v) is 8.20. The number of hydrogen-bond acceptors (Lipinski definition) is 6. The second-order valence-corrected chi connectivity index (χ2v) is 14.8. The van der Waals surface area contributed by atoms with Crippen molar-refractivity contribution in [2.75, 3.05) is 36.4 Å². The standard InChI is InChI=1S/C36H42N4OS/c1-35(2,3)23-39-20-18-36(19-21-39)24-40(33-30(41)17-16-27(32(33)36)25-12-9-13-25)29-15-8-7-14-28(29)38-34-37-22-31(42-34)26-10-5-4-6-11-26/h4-8,10-11,14-17,22,25,41H,9,12-13,18-21,23-24H2,1-3H3,(H,37,38). The van der Waals surface area contributed by atoms with Gasteiger partial charge in [0, 0.05) is 24.7 Å². The van der Waals surface area contributed by atoms with E-state index < -0.39 is 0 Å². The Morgan fingerprint density at radius 2 is 1.71 bits per heavy atom. The smallest absolute Gasteiger partial charge is 0.187 e. The van der Waals surface area contributed by atoms with E-state index in [4.69, 9.17) is 4.98 Å². The molecule has 1 spiro atoms. The minimum Gasteiger partial charge on any atom is -0.506 e. The van der Waals surface area contributed by atoms with Crippen molar-refractivity contribution >= 4 is 33.5 Å². The highest BCUT2D eigenvalue weighted by Crippen LogP contribution is 2.58. The van der Waals surface area contributed by atoms with Crippen LogP contribution in [0.5, 0.6) is 5.75 Å². The molecule has 0 radical (unpaired) electrons. The third-order valence-corrected chi connectivity index (χ3v) is 10.5. The molecule has 2 N–H and O–H groups in total. The molecular formula is C36H42N4OS. The number of piperidine rings is 1. The summed E-state index contributed by atoms with van der Waals surface area (Å²) >= 11 is 1.67. The van der Waals surface area contributed by atoms with Crippen LogP contribution in [0.4, 0.5) is 22.2 Å². The highest BCUT2D eigenvalue weighted by atomic mass is 32.1. The van der Waals surface area contributed by atoms with Gasteiger partial charge >= 0.3 is 0 Å². The van der Waals surface area contributed by atoms with Gasteiger partial charge < -0.3 is 20.2 Å². The van der Waals surface area contributed by atoms with Gasteiger partial charge in [-0.05, 0) is 85.0 Å². The number of likely N-dealkylation sites (tertiary alicyclic amines) is 1. The van der Waals surface area contributed by atoms with Crippen LogP contribution in [0, 0.1) is 5.41 Å². The van der Waals surface area contributed by atoms with Crippen LogP contribution in [0.1, 0.15) is 69.9 Å². The van der Waals surface area contributed by atoms with Crippen LogP contribution >= 0.6 is 11.3 Å². The number of phenolic OH excluding ortho intramolecular Hbond substituents is 1. The number of nitrogens with zero attached hydrogens (tertiary/aromatic N) is 3. The van der Waals surface area contributed by atoms with Gasteiger partial charge in [-0.3, -0.25) is 0 Å². The van der Waals surface area contributed by atoms with E-state index in [-0.39, 0.29) is 5.41 Å². The number of fused-ring (bicyclic) bond motifs is 2. The third kappa shape index (κ3) is 5.09. The first-order chi connectivity index (χ1) is 20.3. The number of hydrogen-bond donors (Lipinski definition) is 2. The molecule has 0 atom stereocenters. The molecule has 1 aromatic heterocycles. The molecule has 3 heterocycles. The number of anilines is 4. The summed E-state index contributed by atoms with van der Waals surface area (Å²) in [5.41, 5.74) is 7.58. The number of nitrogens with one attached hydrogen (secondary N) is 1. The highest BCUT2D eigenvalue weighted by molar-refractivity contribution is 7.19. The van der Waals surface area contributed by atoms with E-state index in [9.17, 15) is 5.11 Å². The molecule has 5 nitrogen and oxygen atoms in total. The van der Waals surface area contributed by atoms with Gasteiger partial charge in [0.05, 0.1) is 21.9 Å². The van der Waals surface area contributed by atoms with Crippen molar-refractivity contribution in [1.29, 1.82) is 0 Å². The van der Waals surface area contributed by atoms with Gasteiger partial charge in [-0.1, -0.05) is 87.1 Å². The first kappa shape index (κ1) is 27.5. The normalized spacial score (nSPS) is 18.7. The second kappa shape index (κ2) is 10.7. The number of phenols is 1. The maximum atomic E-state index is 11.5. The van der Waals surface area contributed by atoms with Crippen LogP contribution < -0.4 is 10.2 Å². The largest absolute Gasteiger partial charge is 0.506 e. The van der Waals surface area contributed by atoms with Crippen LogP contribution in [-0.4, -0.2) is 41.2 Å². The quantitative estimate of drug-likeness (QED) is 0.239. The predicted octanol–water partition coefficient (Wildman–Crippen LogP) is 9.06. The van der Waals surface area contributed by atoms with Gasteiger partial charge in [0.15, 0.2) is 5.13 Å². The molecule has 1 saturated heterocycles. The minimum atomic E-state index is 0.0438. The van der Waals surface area contributed by atoms with E-state index >= 15 is 0 Å². The fraction of sp³-hybridized carbons (Fsp3) is 0.417. The molecule has 0 unspecified atom stereocenters. The Balaban J connectivity index is 1.25. The number of benzene rings is 3. The van der Waals surface area contributed by atoms with Crippen molar-refractivity contribution in [2.45, 2.75) is 64.2 Å². The lowest BCUT2D eigenvalue weighted by Gasteiger charge is -2.43. The van der Waals surface area contributed by atoms with Crippen LogP contribution in [0.3, 0.4) is 0 Å². The van der Waals surface area contributed by atoms with Crippen LogP contribution in [0.25, 0.3) is 10.4 Å². The van der Waals surface area contributed by atoms with Crippen molar-refractivity contribution in [3.05, 3.63) is 84.1 Å². The van der Waals surface area contributed by atoms with E-state index in [1.807, 2.05) is 18.3 Å². The molecule has 218 valence electrons. The SMILES string of the molecule is CC(C)(C)CN1CCC2(CC1)CN(c1ccccc1Nc1ncc(-c3ccccc3)s1)c1c(O)ccc(C3CCC3)c12. The molecule has 0 amide bonds. The van der Waals surface area contributed by atoms with E-state index in [1.54, 1.807) is 11.3 Å². The molecule has 7 rings (SSSR count). The summed E-state index contributed by atoms with van der Waals surface area (Å²) in [5, 5.41) is 16.0. The van der Waals surface area contributed by atoms with E-state index in [1.165, 1.54) is 36.0 Å². The molecule has 1 aliphatic carbocycles. The summed E-state index contributed by atoms with van der Waals surface area (Å²) in [6.07, 6.45) is 8.02. The number of rotatable bonds is 6. The topological polar surface area (TPSA) is 51.6 Å². The van der Waals surface area contributed by atoms with E-state index in [0.29, 0.717) is 17.1 Å². The monoisotopic (exact) mass is 578 g/mol. The van der Waals surface area contributed by atoms with Gasteiger partial charge in [0.2, 0.25) is 0 Å². The maximum Gasteiger partial charge on any atom is 0.187 e. The van der Waals surface area contributed by atoms with Gasteiger partial charge in [-0.15, -0.1) is 0 Å². The van der Waals surface area contributed by atoms with Crippen molar-refractivity contribution in [1.82, 2.24) is 9.88 Å². The Kier molecular flexibility index (Phi) is 7.02. The van der Waals surface area contributed by atoms with Crippen molar-refractivity contribution in [3.63, 3.8) is 0 Å². The summed E-state index contributed by atoms with van der Waals surface area (Å²) in [5.74, 6) is 1.02. The summed E-state index contributed by atoms with van der Waals surface area (Å²) in [4.78, 5) is 10.9. The molecule has 6 heteroatoms. The van der Waals surface area contributed by atoms with Crippen LogP contribution in [0.15, 0.2) is 72.9 Å². The Bertz CT molecular complexity index is 1560. The van der Waals surface area contributed by atoms with Crippen molar-refractivity contribution in [2.24, 2.45) is 5.41 Å². The summed E-state index contributed by atoms with van der Waals surface area (Å²) in [7, 11) is 0. The lowest BCUT2D eigenvalue weighted by molar-refractivity contribution is 0.125. The first-order valence-corrected chi connectivity index (χ1v) is 16.3. The summed E-state index contributed by atoms with van der Waals surface area (Å²) < 4.78 is 0. The molecular weight excluding hydrogens is 536 g/mol. The zero-order chi connectivity index (χ0) is 28.9. The average Bonchev–Trinajstić information content (AvgIpc) is 3.54. The Labute approximate surface area is 254 Å². The van der Waals surface area contributed by atoms with E-state index in [0.717, 1.165) is 66.1 Å². The minimum absolute atomic E-state index is 0.0438. The Morgan fingerprint density at radius 1 is 0.976 bits per heavy atom. The lowest BCUT2D eigenvalue weighted by Crippen LogP contribution is -2.47. The molecule has 2 aliphatic heterocycles. The zero-order valence-electron chi connectivity index (χ0n) is 25.1. The van der Waals surface area contributed by atoms with Gasteiger partial charge in [-0.25, -0.2) is 4.98 Å². The molecule has 2 fully saturated rings. The number of aromatic hydroxyl groups is 1. The fourth-order valence-electron chi connectivity index (χ4n) is 7.37. The Hall–Kier alpha value is -3.35.